The Hall–Kier alpha value is -1.43. The molecule has 0 bridgehead atoms. The summed E-state index contributed by atoms with van der Waals surface area (Å²) < 4.78 is 7.20. The van der Waals surface area contributed by atoms with Gasteiger partial charge in [-0.15, -0.1) is 0 Å². The Labute approximate surface area is 107 Å². The van der Waals surface area contributed by atoms with Crippen LogP contribution in [-0.2, 0) is 4.74 Å². The highest BCUT2D eigenvalue weighted by atomic mass is 79.9. The summed E-state index contributed by atoms with van der Waals surface area (Å²) >= 11 is 3.26. The standard InChI is InChI=1S/C11H12BrN3O2/c1-11(2,3)17-10(16)15-6-13-7-4-5-8(12)14-9(7)15/h4-6H,1-3H3. The van der Waals surface area contributed by atoms with E-state index in [2.05, 4.69) is 25.9 Å². The van der Waals surface area contributed by atoms with Crippen molar-refractivity contribution in [2.45, 2.75) is 26.4 Å². The summed E-state index contributed by atoms with van der Waals surface area (Å²) in [5.74, 6) is 0. The first-order chi connectivity index (χ1) is 7.87. The van der Waals surface area contributed by atoms with E-state index in [-0.39, 0.29) is 0 Å². The Morgan fingerprint density at radius 2 is 2.12 bits per heavy atom. The number of hydrogen-bond donors (Lipinski definition) is 0. The van der Waals surface area contributed by atoms with Gasteiger partial charge in [-0.2, -0.15) is 0 Å². The molecule has 0 aliphatic rings. The molecule has 5 nitrogen and oxygen atoms in total. The molecular formula is C11H12BrN3O2. The first-order valence-electron chi connectivity index (χ1n) is 5.10. The van der Waals surface area contributed by atoms with E-state index in [0.29, 0.717) is 15.8 Å². The van der Waals surface area contributed by atoms with Gasteiger partial charge in [-0.3, -0.25) is 0 Å². The smallest absolute Gasteiger partial charge is 0.421 e. The van der Waals surface area contributed by atoms with Crippen molar-refractivity contribution in [1.29, 1.82) is 0 Å². The summed E-state index contributed by atoms with van der Waals surface area (Å²) in [6.45, 7) is 5.44. The van der Waals surface area contributed by atoms with E-state index in [4.69, 9.17) is 4.74 Å². The molecule has 17 heavy (non-hydrogen) atoms. The summed E-state index contributed by atoms with van der Waals surface area (Å²) in [7, 11) is 0. The zero-order valence-electron chi connectivity index (χ0n) is 9.77. The first kappa shape index (κ1) is 12.0. The Bertz CT molecular complexity index is 572. The lowest BCUT2D eigenvalue weighted by molar-refractivity contribution is 0.0543. The average molecular weight is 298 g/mol. The van der Waals surface area contributed by atoms with Crippen molar-refractivity contribution < 1.29 is 9.53 Å². The van der Waals surface area contributed by atoms with Crippen LogP contribution in [-0.4, -0.2) is 26.2 Å². The van der Waals surface area contributed by atoms with Crippen LogP contribution in [0.15, 0.2) is 23.1 Å². The van der Waals surface area contributed by atoms with Crippen LogP contribution in [0.4, 0.5) is 4.79 Å². The van der Waals surface area contributed by atoms with E-state index in [0.717, 1.165) is 0 Å². The molecule has 2 aromatic heterocycles. The van der Waals surface area contributed by atoms with Gasteiger partial charge >= 0.3 is 6.09 Å². The van der Waals surface area contributed by atoms with Gasteiger partial charge in [0.2, 0.25) is 0 Å². The van der Waals surface area contributed by atoms with Gasteiger partial charge < -0.3 is 4.74 Å². The van der Waals surface area contributed by atoms with Gasteiger partial charge in [0.15, 0.2) is 5.65 Å². The van der Waals surface area contributed by atoms with Crippen LogP contribution in [0.25, 0.3) is 11.2 Å². The summed E-state index contributed by atoms with van der Waals surface area (Å²) in [6, 6.07) is 3.56. The third kappa shape index (κ3) is 2.63. The second-order valence-corrected chi connectivity index (χ2v) is 5.38. The van der Waals surface area contributed by atoms with Crippen LogP contribution in [0.3, 0.4) is 0 Å². The number of imidazole rings is 1. The summed E-state index contributed by atoms with van der Waals surface area (Å²) in [4.78, 5) is 20.2. The number of rotatable bonds is 0. The van der Waals surface area contributed by atoms with Crippen LogP contribution in [0.5, 0.6) is 0 Å². The molecule has 6 heteroatoms. The maximum Gasteiger partial charge on any atom is 0.421 e. The van der Waals surface area contributed by atoms with E-state index in [1.165, 1.54) is 10.9 Å². The molecule has 0 spiro atoms. The van der Waals surface area contributed by atoms with E-state index in [1.54, 1.807) is 12.1 Å². The lowest BCUT2D eigenvalue weighted by Gasteiger charge is -2.19. The minimum atomic E-state index is -0.542. The van der Waals surface area contributed by atoms with E-state index in [1.807, 2.05) is 20.8 Å². The maximum absolute atomic E-state index is 11.9. The molecule has 0 saturated heterocycles. The molecule has 0 aliphatic heterocycles. The third-order valence-corrected chi connectivity index (χ3v) is 2.39. The zero-order chi connectivity index (χ0) is 12.6. The van der Waals surface area contributed by atoms with E-state index in [9.17, 15) is 4.79 Å². The van der Waals surface area contributed by atoms with Crippen LogP contribution < -0.4 is 0 Å². The number of aromatic nitrogens is 3. The molecule has 0 aliphatic carbocycles. The molecule has 2 heterocycles. The van der Waals surface area contributed by atoms with Crippen molar-refractivity contribution in [3.63, 3.8) is 0 Å². The van der Waals surface area contributed by atoms with Crippen molar-refractivity contribution in [1.82, 2.24) is 14.5 Å². The first-order valence-corrected chi connectivity index (χ1v) is 5.89. The predicted octanol–water partition coefficient (Wildman–Crippen LogP) is 2.98. The van der Waals surface area contributed by atoms with Crippen molar-refractivity contribution in [2.75, 3.05) is 0 Å². The highest BCUT2D eigenvalue weighted by Gasteiger charge is 2.20. The molecule has 0 atom stereocenters. The van der Waals surface area contributed by atoms with Crippen molar-refractivity contribution in [2.24, 2.45) is 0 Å². The summed E-state index contributed by atoms with van der Waals surface area (Å²) in [6.07, 6.45) is 0.934. The molecule has 2 rings (SSSR count). The minimum Gasteiger partial charge on any atom is -0.443 e. The number of nitrogens with zero attached hydrogens (tertiary/aromatic N) is 3. The fraction of sp³-hybridized carbons (Fsp3) is 0.364. The Kier molecular flexibility index (Phi) is 2.91. The topological polar surface area (TPSA) is 57.0 Å². The van der Waals surface area contributed by atoms with Gasteiger partial charge in [0, 0.05) is 0 Å². The van der Waals surface area contributed by atoms with Crippen LogP contribution in [0.1, 0.15) is 20.8 Å². The summed E-state index contributed by atoms with van der Waals surface area (Å²) in [5, 5.41) is 0. The number of carbonyl (C=O) groups is 1. The molecule has 0 aromatic carbocycles. The lowest BCUT2D eigenvalue weighted by Crippen LogP contribution is -2.26. The van der Waals surface area contributed by atoms with Crippen molar-refractivity contribution >= 4 is 33.2 Å². The second kappa shape index (κ2) is 4.10. The third-order valence-electron chi connectivity index (χ3n) is 1.95. The largest absolute Gasteiger partial charge is 0.443 e. The fourth-order valence-electron chi connectivity index (χ4n) is 1.32. The molecule has 0 unspecified atom stereocenters. The van der Waals surface area contributed by atoms with Gasteiger partial charge in [0.25, 0.3) is 0 Å². The molecule has 2 aromatic rings. The normalized spacial score (nSPS) is 11.8. The Balaban J connectivity index is 2.42. The number of pyridine rings is 1. The fourth-order valence-corrected chi connectivity index (χ4v) is 1.62. The Morgan fingerprint density at radius 3 is 2.76 bits per heavy atom. The molecule has 0 N–H and O–H groups in total. The van der Waals surface area contributed by atoms with Crippen LogP contribution in [0.2, 0.25) is 0 Å². The summed E-state index contributed by atoms with van der Waals surface area (Å²) in [5.41, 5.74) is 0.590. The SMILES string of the molecule is CC(C)(C)OC(=O)n1cnc2ccc(Br)nc21. The van der Waals surface area contributed by atoms with Gasteiger partial charge in [-0.25, -0.2) is 19.3 Å². The van der Waals surface area contributed by atoms with E-state index < -0.39 is 11.7 Å². The van der Waals surface area contributed by atoms with Crippen LogP contribution in [0, 0.1) is 0 Å². The monoisotopic (exact) mass is 297 g/mol. The Morgan fingerprint density at radius 1 is 1.41 bits per heavy atom. The zero-order valence-corrected chi connectivity index (χ0v) is 11.4. The molecule has 0 saturated carbocycles. The number of ether oxygens (including phenoxy) is 1. The minimum absolute atomic E-state index is 0.480. The molecule has 0 amide bonds. The number of fused-ring (bicyclic) bond motifs is 1. The van der Waals surface area contributed by atoms with Crippen molar-refractivity contribution in [3.8, 4) is 0 Å². The molecular weight excluding hydrogens is 286 g/mol. The number of carbonyl (C=O) groups excluding carboxylic acids is 1. The van der Waals surface area contributed by atoms with Gasteiger partial charge in [-0.1, -0.05) is 0 Å². The quantitative estimate of drug-likeness (QED) is 0.702. The van der Waals surface area contributed by atoms with Gasteiger partial charge in [0.1, 0.15) is 22.0 Å². The highest BCUT2D eigenvalue weighted by molar-refractivity contribution is 9.10. The van der Waals surface area contributed by atoms with Gasteiger partial charge in [-0.05, 0) is 48.8 Å². The van der Waals surface area contributed by atoms with E-state index >= 15 is 0 Å². The molecule has 90 valence electrons. The predicted molar refractivity (Wildman–Crippen MR) is 66.9 cm³/mol. The maximum atomic E-state index is 11.9. The average Bonchev–Trinajstić information content (AvgIpc) is 2.57. The number of hydrogen-bond acceptors (Lipinski definition) is 4. The number of halogens is 1. The van der Waals surface area contributed by atoms with Gasteiger partial charge in [0.05, 0.1) is 0 Å². The lowest BCUT2D eigenvalue weighted by atomic mass is 10.2. The molecule has 0 fully saturated rings. The van der Waals surface area contributed by atoms with Crippen molar-refractivity contribution in [3.05, 3.63) is 23.1 Å². The second-order valence-electron chi connectivity index (χ2n) is 4.57. The molecule has 0 radical (unpaired) electrons. The van der Waals surface area contributed by atoms with Crippen LogP contribution >= 0.6 is 15.9 Å². The highest BCUT2D eigenvalue weighted by Crippen LogP contribution is 2.16.